The van der Waals surface area contributed by atoms with E-state index in [2.05, 4.69) is 23.9 Å². The molecule has 1 aliphatic heterocycles. The topological polar surface area (TPSA) is 60.4 Å². The van der Waals surface area contributed by atoms with Gasteiger partial charge in [0.25, 0.3) is 0 Å². The number of ether oxygens (including phenoxy) is 2. The average Bonchev–Trinajstić information content (AvgIpc) is 2.77. The fourth-order valence-corrected chi connectivity index (χ4v) is 3.43. The van der Waals surface area contributed by atoms with Gasteiger partial charge < -0.3 is 14.3 Å². The Bertz CT molecular complexity index is 841. The molecule has 30 heavy (non-hydrogen) atoms. The second-order valence-corrected chi connectivity index (χ2v) is 7.88. The molecule has 160 valence electrons. The van der Waals surface area contributed by atoms with E-state index in [0.717, 1.165) is 29.9 Å². The summed E-state index contributed by atoms with van der Waals surface area (Å²) in [4.78, 5) is 19.9. The number of rotatable bonds is 8. The lowest BCUT2D eigenvalue weighted by atomic mass is 9.89. The first kappa shape index (κ1) is 22.0. The zero-order valence-corrected chi connectivity index (χ0v) is 18.0. The average molecular weight is 411 g/mol. The van der Waals surface area contributed by atoms with Crippen LogP contribution in [0.25, 0.3) is 0 Å². The maximum atomic E-state index is 12.1. The van der Waals surface area contributed by atoms with Crippen molar-refractivity contribution >= 4 is 11.7 Å². The van der Waals surface area contributed by atoms with E-state index in [1.807, 2.05) is 61.5 Å². The molecule has 6 nitrogen and oxygen atoms in total. The third-order valence-corrected chi connectivity index (χ3v) is 5.29. The predicted molar refractivity (Wildman–Crippen MR) is 116 cm³/mol. The van der Waals surface area contributed by atoms with Crippen molar-refractivity contribution in [1.82, 2.24) is 4.90 Å². The standard InChI is InChI=1S/C24H30N2O4/c1-19-9-11-21(12-10-19)23(24(2,3)26-13-15-28-16-14-26)25-30-18-22(27)29-17-20-7-5-4-6-8-20/h4-12H,13-18H2,1-3H3. The highest BCUT2D eigenvalue weighted by Crippen LogP contribution is 2.23. The maximum Gasteiger partial charge on any atom is 0.347 e. The Labute approximate surface area is 178 Å². The number of carbonyl (C=O) groups is 1. The van der Waals surface area contributed by atoms with Crippen LogP contribution in [0.4, 0.5) is 0 Å². The SMILES string of the molecule is Cc1ccc(C(=NOCC(=O)OCc2ccccc2)C(C)(C)N2CCOCC2)cc1. The van der Waals surface area contributed by atoms with Gasteiger partial charge in [0.2, 0.25) is 6.61 Å². The Balaban J connectivity index is 1.68. The molecular weight excluding hydrogens is 380 g/mol. The van der Waals surface area contributed by atoms with Crippen LogP contribution < -0.4 is 0 Å². The van der Waals surface area contributed by atoms with Gasteiger partial charge in [-0.3, -0.25) is 4.90 Å². The van der Waals surface area contributed by atoms with E-state index in [1.54, 1.807) is 0 Å². The number of benzene rings is 2. The highest BCUT2D eigenvalue weighted by atomic mass is 16.7. The largest absolute Gasteiger partial charge is 0.458 e. The van der Waals surface area contributed by atoms with Gasteiger partial charge in [-0.2, -0.15) is 0 Å². The van der Waals surface area contributed by atoms with Crippen LogP contribution in [0.1, 0.15) is 30.5 Å². The Morgan fingerprint density at radius 2 is 1.73 bits per heavy atom. The molecular formula is C24H30N2O4. The molecule has 1 saturated heterocycles. The lowest BCUT2D eigenvalue weighted by Crippen LogP contribution is -2.54. The quantitative estimate of drug-likeness (QED) is 0.378. The number of hydrogen-bond acceptors (Lipinski definition) is 6. The van der Waals surface area contributed by atoms with Gasteiger partial charge in [0.05, 0.1) is 18.8 Å². The molecule has 0 aromatic heterocycles. The summed E-state index contributed by atoms with van der Waals surface area (Å²) in [6, 6.07) is 17.7. The highest BCUT2D eigenvalue weighted by Gasteiger charge is 2.35. The zero-order valence-electron chi connectivity index (χ0n) is 18.0. The molecule has 0 atom stereocenters. The number of oxime groups is 1. The molecule has 0 spiro atoms. The summed E-state index contributed by atoms with van der Waals surface area (Å²) in [6.45, 7) is 9.29. The van der Waals surface area contributed by atoms with Crippen LogP contribution in [-0.2, 0) is 25.7 Å². The summed E-state index contributed by atoms with van der Waals surface area (Å²) in [5.74, 6) is -0.449. The fraction of sp³-hybridized carbons (Fsp3) is 0.417. The Hall–Kier alpha value is -2.70. The first-order valence-corrected chi connectivity index (χ1v) is 10.3. The smallest absolute Gasteiger partial charge is 0.347 e. The lowest BCUT2D eigenvalue weighted by molar-refractivity contribution is -0.150. The van der Waals surface area contributed by atoms with Crippen LogP contribution in [0, 0.1) is 6.92 Å². The number of nitrogens with zero attached hydrogens (tertiary/aromatic N) is 2. The molecule has 1 heterocycles. The van der Waals surface area contributed by atoms with E-state index in [1.165, 1.54) is 5.56 Å². The normalized spacial score (nSPS) is 15.6. The molecule has 0 radical (unpaired) electrons. The maximum absolute atomic E-state index is 12.1. The summed E-state index contributed by atoms with van der Waals surface area (Å²) >= 11 is 0. The van der Waals surface area contributed by atoms with E-state index in [4.69, 9.17) is 14.3 Å². The molecule has 3 rings (SSSR count). The van der Waals surface area contributed by atoms with Crippen LogP contribution in [0.5, 0.6) is 0 Å². The van der Waals surface area contributed by atoms with E-state index in [-0.39, 0.29) is 18.8 Å². The highest BCUT2D eigenvalue weighted by molar-refractivity contribution is 6.06. The minimum atomic E-state index is -0.449. The fourth-order valence-electron chi connectivity index (χ4n) is 3.43. The van der Waals surface area contributed by atoms with Crippen LogP contribution in [0.15, 0.2) is 59.8 Å². The van der Waals surface area contributed by atoms with Crippen LogP contribution in [0.2, 0.25) is 0 Å². The number of aryl methyl sites for hydroxylation is 1. The first-order valence-electron chi connectivity index (χ1n) is 10.3. The van der Waals surface area contributed by atoms with Gasteiger partial charge in [-0.15, -0.1) is 0 Å². The number of morpholine rings is 1. The van der Waals surface area contributed by atoms with Crippen molar-refractivity contribution < 1.29 is 19.1 Å². The van der Waals surface area contributed by atoms with Crippen LogP contribution in [0.3, 0.4) is 0 Å². The molecule has 2 aromatic carbocycles. The van der Waals surface area contributed by atoms with Crippen molar-refractivity contribution in [3.8, 4) is 0 Å². The van der Waals surface area contributed by atoms with Crippen LogP contribution in [-0.4, -0.2) is 55.0 Å². The van der Waals surface area contributed by atoms with E-state index in [9.17, 15) is 4.79 Å². The lowest BCUT2D eigenvalue weighted by Gasteiger charge is -2.41. The van der Waals surface area contributed by atoms with Gasteiger partial charge in [-0.1, -0.05) is 65.3 Å². The molecule has 2 aromatic rings. The molecule has 0 saturated carbocycles. The van der Waals surface area contributed by atoms with Gasteiger partial charge in [0, 0.05) is 18.7 Å². The van der Waals surface area contributed by atoms with Crippen molar-refractivity contribution in [3.05, 3.63) is 71.3 Å². The van der Waals surface area contributed by atoms with Crippen molar-refractivity contribution in [1.29, 1.82) is 0 Å². The predicted octanol–water partition coefficient (Wildman–Crippen LogP) is 3.57. The molecule has 0 amide bonds. The van der Waals surface area contributed by atoms with Gasteiger partial charge >= 0.3 is 5.97 Å². The third-order valence-electron chi connectivity index (χ3n) is 5.29. The Morgan fingerprint density at radius 1 is 1.07 bits per heavy atom. The summed E-state index contributed by atoms with van der Waals surface area (Å²) < 4.78 is 10.8. The van der Waals surface area contributed by atoms with E-state index >= 15 is 0 Å². The summed E-state index contributed by atoms with van der Waals surface area (Å²) in [5.41, 5.74) is 3.47. The summed E-state index contributed by atoms with van der Waals surface area (Å²) in [7, 11) is 0. The second kappa shape index (κ2) is 10.4. The molecule has 1 aliphatic rings. The summed E-state index contributed by atoms with van der Waals surface area (Å²) in [6.07, 6.45) is 0. The Kier molecular flexibility index (Phi) is 7.60. The summed E-state index contributed by atoms with van der Waals surface area (Å²) in [5, 5.41) is 4.40. The Morgan fingerprint density at radius 3 is 2.40 bits per heavy atom. The monoisotopic (exact) mass is 410 g/mol. The number of carbonyl (C=O) groups excluding carboxylic acids is 1. The van der Waals surface area contributed by atoms with Crippen molar-refractivity contribution in [2.45, 2.75) is 32.9 Å². The molecule has 0 bridgehead atoms. The minimum Gasteiger partial charge on any atom is -0.458 e. The van der Waals surface area contributed by atoms with Crippen molar-refractivity contribution in [2.75, 3.05) is 32.9 Å². The third kappa shape index (κ3) is 5.90. The minimum absolute atomic E-state index is 0.219. The van der Waals surface area contributed by atoms with E-state index < -0.39 is 5.97 Å². The molecule has 0 N–H and O–H groups in total. The van der Waals surface area contributed by atoms with Gasteiger partial charge in [-0.05, 0) is 26.3 Å². The van der Waals surface area contributed by atoms with Gasteiger partial charge in [0.1, 0.15) is 12.3 Å². The molecule has 0 unspecified atom stereocenters. The first-order chi connectivity index (χ1) is 14.5. The number of esters is 1. The zero-order chi connectivity index (χ0) is 21.4. The second-order valence-electron chi connectivity index (χ2n) is 7.88. The van der Waals surface area contributed by atoms with Crippen molar-refractivity contribution in [2.24, 2.45) is 5.16 Å². The van der Waals surface area contributed by atoms with Gasteiger partial charge in [-0.25, -0.2) is 4.79 Å². The van der Waals surface area contributed by atoms with Crippen LogP contribution >= 0.6 is 0 Å². The van der Waals surface area contributed by atoms with Gasteiger partial charge in [0.15, 0.2) is 0 Å². The molecule has 6 heteroatoms. The number of hydrogen-bond donors (Lipinski definition) is 0. The molecule has 1 fully saturated rings. The van der Waals surface area contributed by atoms with E-state index in [0.29, 0.717) is 13.2 Å². The van der Waals surface area contributed by atoms with Crippen molar-refractivity contribution in [3.63, 3.8) is 0 Å². The molecule has 0 aliphatic carbocycles.